The van der Waals surface area contributed by atoms with Crippen molar-refractivity contribution in [2.45, 2.75) is 13.5 Å². The van der Waals surface area contributed by atoms with Crippen molar-refractivity contribution in [3.63, 3.8) is 0 Å². The van der Waals surface area contributed by atoms with Crippen LogP contribution in [0.5, 0.6) is 0 Å². The average molecular weight is 253 g/mol. The first-order valence-electron chi connectivity index (χ1n) is 6.39. The summed E-state index contributed by atoms with van der Waals surface area (Å²) in [5.41, 5.74) is 0.977. The molecule has 1 N–H and O–H groups in total. The van der Waals surface area contributed by atoms with Gasteiger partial charge in [0.1, 0.15) is 0 Å². The molecule has 1 heterocycles. The maximum atomic E-state index is 5.21. The third-order valence-corrected chi connectivity index (χ3v) is 3.00. The monoisotopic (exact) mass is 253 g/mol. The zero-order valence-electron chi connectivity index (χ0n) is 10.8. The molecule has 0 amide bonds. The quantitative estimate of drug-likeness (QED) is 0.776. The van der Waals surface area contributed by atoms with E-state index in [1.165, 1.54) is 10.8 Å². The van der Waals surface area contributed by atoms with Gasteiger partial charge in [-0.1, -0.05) is 48.5 Å². The van der Waals surface area contributed by atoms with Crippen LogP contribution in [0, 0.1) is 0 Å². The highest BCUT2D eigenvalue weighted by atomic mass is 16.5. The molecule has 1 aromatic heterocycles. The summed E-state index contributed by atoms with van der Waals surface area (Å²) in [7, 11) is 0. The van der Waals surface area contributed by atoms with Gasteiger partial charge in [0.15, 0.2) is 0 Å². The SMILES string of the molecule is CCNCc1nc(-c2ccc3ccccc3c2)no1. The minimum Gasteiger partial charge on any atom is -0.338 e. The van der Waals surface area contributed by atoms with Gasteiger partial charge in [0.25, 0.3) is 0 Å². The fraction of sp³-hybridized carbons (Fsp3) is 0.200. The van der Waals surface area contributed by atoms with Crippen LogP contribution in [0.3, 0.4) is 0 Å². The molecular weight excluding hydrogens is 238 g/mol. The summed E-state index contributed by atoms with van der Waals surface area (Å²) >= 11 is 0. The highest BCUT2D eigenvalue weighted by Crippen LogP contribution is 2.22. The van der Waals surface area contributed by atoms with Crippen LogP contribution in [0.25, 0.3) is 22.2 Å². The van der Waals surface area contributed by atoms with Crippen molar-refractivity contribution in [1.82, 2.24) is 15.5 Å². The normalized spacial score (nSPS) is 11.0. The first kappa shape index (κ1) is 11.9. The van der Waals surface area contributed by atoms with Crippen LogP contribution in [0.4, 0.5) is 0 Å². The molecule has 0 aliphatic rings. The van der Waals surface area contributed by atoms with E-state index in [1.807, 2.05) is 25.1 Å². The Labute approximate surface area is 111 Å². The van der Waals surface area contributed by atoms with E-state index in [0.29, 0.717) is 18.3 Å². The van der Waals surface area contributed by atoms with Crippen molar-refractivity contribution in [2.75, 3.05) is 6.54 Å². The Balaban J connectivity index is 1.92. The van der Waals surface area contributed by atoms with Crippen molar-refractivity contribution in [3.8, 4) is 11.4 Å². The van der Waals surface area contributed by atoms with Gasteiger partial charge in [-0.25, -0.2) is 0 Å². The summed E-state index contributed by atoms with van der Waals surface area (Å²) in [5, 5.41) is 9.57. The van der Waals surface area contributed by atoms with E-state index in [9.17, 15) is 0 Å². The molecule has 0 spiro atoms. The molecule has 3 rings (SSSR count). The van der Waals surface area contributed by atoms with E-state index in [4.69, 9.17) is 4.52 Å². The fourth-order valence-corrected chi connectivity index (χ4v) is 2.00. The van der Waals surface area contributed by atoms with Gasteiger partial charge in [-0.3, -0.25) is 0 Å². The molecule has 0 aliphatic heterocycles. The number of benzene rings is 2. The lowest BCUT2D eigenvalue weighted by atomic mass is 10.1. The maximum absolute atomic E-state index is 5.21. The zero-order valence-corrected chi connectivity index (χ0v) is 10.8. The van der Waals surface area contributed by atoms with Gasteiger partial charge < -0.3 is 9.84 Å². The Hall–Kier alpha value is -2.20. The van der Waals surface area contributed by atoms with Crippen LogP contribution in [0.2, 0.25) is 0 Å². The third-order valence-electron chi connectivity index (χ3n) is 3.00. The Kier molecular flexibility index (Phi) is 3.25. The summed E-state index contributed by atoms with van der Waals surface area (Å²) in [6.07, 6.45) is 0. The Bertz CT molecular complexity index is 690. The van der Waals surface area contributed by atoms with Crippen LogP contribution in [-0.4, -0.2) is 16.7 Å². The highest BCUT2D eigenvalue weighted by Gasteiger charge is 2.08. The predicted octanol–water partition coefficient (Wildman–Crippen LogP) is 3.00. The van der Waals surface area contributed by atoms with Crippen molar-refractivity contribution in [3.05, 3.63) is 48.4 Å². The van der Waals surface area contributed by atoms with Crippen LogP contribution < -0.4 is 5.32 Å². The molecule has 4 heteroatoms. The summed E-state index contributed by atoms with van der Waals surface area (Å²) in [4.78, 5) is 4.38. The molecule has 0 bridgehead atoms. The smallest absolute Gasteiger partial charge is 0.240 e. The van der Waals surface area contributed by atoms with Gasteiger partial charge >= 0.3 is 0 Å². The van der Waals surface area contributed by atoms with Crippen molar-refractivity contribution >= 4 is 10.8 Å². The molecular formula is C15H15N3O. The molecule has 0 atom stereocenters. The van der Waals surface area contributed by atoms with Gasteiger partial charge in [0.2, 0.25) is 11.7 Å². The first-order chi connectivity index (χ1) is 9.36. The minimum absolute atomic E-state index is 0.608. The van der Waals surface area contributed by atoms with E-state index in [-0.39, 0.29) is 0 Å². The predicted molar refractivity (Wildman–Crippen MR) is 74.6 cm³/mol. The summed E-state index contributed by atoms with van der Waals surface area (Å²) in [6, 6.07) is 14.4. The summed E-state index contributed by atoms with van der Waals surface area (Å²) < 4.78 is 5.21. The van der Waals surface area contributed by atoms with Crippen molar-refractivity contribution in [2.24, 2.45) is 0 Å². The summed E-state index contributed by atoms with van der Waals surface area (Å²) in [5.74, 6) is 1.25. The second-order valence-electron chi connectivity index (χ2n) is 4.35. The maximum Gasteiger partial charge on any atom is 0.240 e. The van der Waals surface area contributed by atoms with Crippen LogP contribution in [0.1, 0.15) is 12.8 Å². The molecule has 3 aromatic rings. The second kappa shape index (κ2) is 5.20. The van der Waals surface area contributed by atoms with Gasteiger partial charge in [0, 0.05) is 5.56 Å². The zero-order chi connectivity index (χ0) is 13.1. The second-order valence-corrected chi connectivity index (χ2v) is 4.35. The number of nitrogens with zero attached hydrogens (tertiary/aromatic N) is 2. The lowest BCUT2D eigenvalue weighted by Gasteiger charge is -1.99. The molecule has 19 heavy (non-hydrogen) atoms. The number of fused-ring (bicyclic) bond motifs is 1. The molecule has 0 unspecified atom stereocenters. The standard InChI is InChI=1S/C15H15N3O/c1-2-16-10-14-17-15(18-19-14)13-8-7-11-5-3-4-6-12(11)9-13/h3-9,16H,2,10H2,1H3. The molecule has 0 fully saturated rings. The topological polar surface area (TPSA) is 51.0 Å². The van der Waals surface area contributed by atoms with E-state index in [2.05, 4.69) is 39.7 Å². The Morgan fingerprint density at radius 3 is 2.79 bits per heavy atom. The minimum atomic E-state index is 0.608. The molecule has 0 radical (unpaired) electrons. The number of rotatable bonds is 4. The van der Waals surface area contributed by atoms with Crippen LogP contribution in [0.15, 0.2) is 47.0 Å². The lowest BCUT2D eigenvalue weighted by Crippen LogP contribution is -2.11. The van der Waals surface area contributed by atoms with E-state index >= 15 is 0 Å². The van der Waals surface area contributed by atoms with Gasteiger partial charge in [-0.2, -0.15) is 4.98 Å². The van der Waals surface area contributed by atoms with Gasteiger partial charge in [-0.15, -0.1) is 0 Å². The average Bonchev–Trinajstić information content (AvgIpc) is 2.93. The molecule has 0 saturated carbocycles. The first-order valence-corrected chi connectivity index (χ1v) is 6.39. The Morgan fingerprint density at radius 1 is 1.11 bits per heavy atom. The molecule has 2 aromatic carbocycles. The van der Waals surface area contributed by atoms with Gasteiger partial charge in [0.05, 0.1) is 6.54 Å². The van der Waals surface area contributed by atoms with E-state index < -0.39 is 0 Å². The number of hydrogen-bond donors (Lipinski definition) is 1. The largest absolute Gasteiger partial charge is 0.338 e. The summed E-state index contributed by atoms with van der Waals surface area (Å²) in [6.45, 7) is 3.53. The number of hydrogen-bond acceptors (Lipinski definition) is 4. The molecule has 0 saturated heterocycles. The van der Waals surface area contributed by atoms with E-state index in [1.54, 1.807) is 0 Å². The van der Waals surface area contributed by atoms with Crippen molar-refractivity contribution < 1.29 is 4.52 Å². The van der Waals surface area contributed by atoms with Crippen molar-refractivity contribution in [1.29, 1.82) is 0 Å². The van der Waals surface area contributed by atoms with E-state index in [0.717, 1.165) is 12.1 Å². The van der Waals surface area contributed by atoms with Gasteiger partial charge in [-0.05, 0) is 23.4 Å². The molecule has 4 nitrogen and oxygen atoms in total. The number of aromatic nitrogens is 2. The van der Waals surface area contributed by atoms with Crippen LogP contribution in [-0.2, 0) is 6.54 Å². The third kappa shape index (κ3) is 2.48. The lowest BCUT2D eigenvalue weighted by molar-refractivity contribution is 0.369. The number of nitrogens with one attached hydrogen (secondary N) is 1. The van der Waals surface area contributed by atoms with Crippen LogP contribution >= 0.6 is 0 Å². The Morgan fingerprint density at radius 2 is 1.95 bits per heavy atom. The molecule has 96 valence electrons. The fourth-order valence-electron chi connectivity index (χ4n) is 2.00. The molecule has 0 aliphatic carbocycles. The highest BCUT2D eigenvalue weighted by molar-refractivity contribution is 5.86.